The van der Waals surface area contributed by atoms with Crippen molar-refractivity contribution < 1.29 is 9.63 Å². The van der Waals surface area contributed by atoms with E-state index in [9.17, 15) is 4.79 Å². The zero-order valence-corrected chi connectivity index (χ0v) is 17.2. The van der Waals surface area contributed by atoms with E-state index < -0.39 is 0 Å². The van der Waals surface area contributed by atoms with Gasteiger partial charge in [-0.25, -0.2) is 4.98 Å². The summed E-state index contributed by atoms with van der Waals surface area (Å²) in [6.07, 6.45) is 2.76. The number of anilines is 1. The van der Waals surface area contributed by atoms with Gasteiger partial charge in [0.1, 0.15) is 5.82 Å². The molecule has 1 fully saturated rings. The van der Waals surface area contributed by atoms with Crippen LogP contribution in [0.1, 0.15) is 22.3 Å². The first kappa shape index (κ1) is 20.5. The van der Waals surface area contributed by atoms with Crippen LogP contribution in [-0.4, -0.2) is 30.1 Å². The van der Waals surface area contributed by atoms with Crippen molar-refractivity contribution in [2.45, 2.75) is 19.0 Å². The molecule has 3 N–H and O–H groups in total. The second kappa shape index (κ2) is 9.82. The van der Waals surface area contributed by atoms with Gasteiger partial charge in [-0.2, -0.15) is 5.48 Å². The van der Waals surface area contributed by atoms with E-state index in [0.29, 0.717) is 29.0 Å². The summed E-state index contributed by atoms with van der Waals surface area (Å²) < 4.78 is 0. The van der Waals surface area contributed by atoms with Crippen LogP contribution < -0.4 is 16.1 Å². The molecule has 1 saturated heterocycles. The number of nitrogens with zero attached hydrogens (tertiary/aromatic N) is 1. The van der Waals surface area contributed by atoms with Gasteiger partial charge in [-0.15, -0.1) is 0 Å². The van der Waals surface area contributed by atoms with Gasteiger partial charge in [0.25, 0.3) is 5.91 Å². The fourth-order valence-corrected chi connectivity index (χ4v) is 3.63. The fraction of sp³-hybridized carbons (Fsp3) is 0.217. The van der Waals surface area contributed by atoms with Gasteiger partial charge in [-0.3, -0.25) is 4.79 Å². The minimum absolute atomic E-state index is 0.288. The van der Waals surface area contributed by atoms with Crippen molar-refractivity contribution in [3.05, 3.63) is 83.0 Å². The van der Waals surface area contributed by atoms with Crippen molar-refractivity contribution in [1.82, 2.24) is 15.8 Å². The Morgan fingerprint density at radius 1 is 1.13 bits per heavy atom. The van der Waals surface area contributed by atoms with Gasteiger partial charge in [0.05, 0.1) is 17.2 Å². The number of aromatic nitrogens is 1. The van der Waals surface area contributed by atoms with Gasteiger partial charge in [-0.05, 0) is 29.7 Å². The fourth-order valence-electron chi connectivity index (χ4n) is 3.31. The summed E-state index contributed by atoms with van der Waals surface area (Å²) in [7, 11) is 0. The number of carbonyl (C=O) groups is 1. The van der Waals surface area contributed by atoms with Gasteiger partial charge in [-0.1, -0.05) is 60.1 Å². The minimum Gasteiger partial charge on any atom is -0.311 e. The Hall–Kier alpha value is -2.77. The largest absolute Gasteiger partial charge is 0.311 e. The maximum absolute atomic E-state index is 12.8. The summed E-state index contributed by atoms with van der Waals surface area (Å²) in [5.41, 5.74) is 6.21. The molecule has 0 saturated carbocycles. The zero-order chi connectivity index (χ0) is 20.8. The molecule has 2 aromatic carbocycles. The third-order valence-electron chi connectivity index (χ3n) is 4.93. The highest BCUT2D eigenvalue weighted by Gasteiger charge is 2.16. The second-order valence-corrected chi connectivity index (χ2v) is 7.50. The van der Waals surface area contributed by atoms with E-state index in [1.54, 1.807) is 18.3 Å². The molecule has 0 aliphatic carbocycles. The minimum atomic E-state index is -0.288. The smallest absolute Gasteiger partial charge is 0.258 e. The van der Waals surface area contributed by atoms with Gasteiger partial charge >= 0.3 is 0 Å². The average molecular weight is 423 g/mol. The molecule has 0 radical (unpaired) electrons. The number of carbonyl (C=O) groups excluding carboxylic acids is 1. The number of benzene rings is 2. The molecular formula is C23H23ClN4O2. The highest BCUT2D eigenvalue weighted by Crippen LogP contribution is 2.31. The van der Waals surface area contributed by atoms with Crippen molar-refractivity contribution in [3.63, 3.8) is 0 Å². The van der Waals surface area contributed by atoms with Crippen LogP contribution in [0.2, 0.25) is 5.02 Å². The molecule has 1 aliphatic rings. The van der Waals surface area contributed by atoms with Crippen LogP contribution in [0.3, 0.4) is 0 Å². The Morgan fingerprint density at radius 2 is 2.00 bits per heavy atom. The average Bonchev–Trinajstić information content (AvgIpc) is 3.29. The Balaban J connectivity index is 1.38. The van der Waals surface area contributed by atoms with E-state index in [-0.39, 0.29) is 5.91 Å². The predicted molar refractivity (Wildman–Crippen MR) is 118 cm³/mol. The summed E-state index contributed by atoms with van der Waals surface area (Å²) in [6, 6.07) is 19.3. The number of hydrogen-bond acceptors (Lipinski definition) is 5. The van der Waals surface area contributed by atoms with Crippen LogP contribution in [0.25, 0.3) is 11.1 Å². The number of hydroxylamine groups is 1. The van der Waals surface area contributed by atoms with Crippen molar-refractivity contribution in [1.29, 1.82) is 0 Å². The molecule has 1 amide bonds. The number of pyridine rings is 1. The molecule has 4 rings (SSSR count). The lowest BCUT2D eigenvalue weighted by Crippen LogP contribution is -2.33. The molecule has 1 atom stereocenters. The van der Waals surface area contributed by atoms with Crippen molar-refractivity contribution in [2.24, 2.45) is 0 Å². The number of nitrogens with one attached hydrogen (secondary N) is 3. The van der Waals surface area contributed by atoms with Crippen LogP contribution in [0, 0.1) is 0 Å². The highest BCUT2D eigenvalue weighted by atomic mass is 35.5. The third-order valence-corrected chi connectivity index (χ3v) is 5.34. The predicted octanol–water partition coefficient (Wildman–Crippen LogP) is 4.04. The molecule has 0 unspecified atom stereocenters. The van der Waals surface area contributed by atoms with Crippen molar-refractivity contribution in [3.8, 4) is 11.1 Å². The van der Waals surface area contributed by atoms with Gasteiger partial charge in [0.15, 0.2) is 0 Å². The summed E-state index contributed by atoms with van der Waals surface area (Å²) in [5.74, 6) is 0.194. The quantitative estimate of drug-likeness (QED) is 0.536. The Labute approximate surface area is 180 Å². The normalized spacial score (nSPS) is 15.8. The van der Waals surface area contributed by atoms with E-state index >= 15 is 0 Å². The van der Waals surface area contributed by atoms with Crippen LogP contribution in [0.15, 0.2) is 66.9 Å². The molecule has 1 aromatic heterocycles. The number of halogens is 1. The molecule has 30 heavy (non-hydrogen) atoms. The maximum atomic E-state index is 12.8. The van der Waals surface area contributed by atoms with Gasteiger partial charge < -0.3 is 15.5 Å². The van der Waals surface area contributed by atoms with Crippen molar-refractivity contribution in [2.75, 3.05) is 18.5 Å². The van der Waals surface area contributed by atoms with Crippen LogP contribution in [0.5, 0.6) is 0 Å². The van der Waals surface area contributed by atoms with E-state index in [1.165, 1.54) is 0 Å². The molecular weight excluding hydrogens is 400 g/mol. The van der Waals surface area contributed by atoms with E-state index in [2.05, 4.69) is 21.1 Å². The highest BCUT2D eigenvalue weighted by molar-refractivity contribution is 6.37. The first-order valence-corrected chi connectivity index (χ1v) is 10.3. The van der Waals surface area contributed by atoms with E-state index in [0.717, 1.165) is 36.3 Å². The molecule has 3 aromatic rings. The van der Waals surface area contributed by atoms with E-state index in [4.69, 9.17) is 16.4 Å². The van der Waals surface area contributed by atoms with Crippen molar-refractivity contribution >= 4 is 23.3 Å². The second-order valence-electron chi connectivity index (χ2n) is 7.12. The molecule has 1 aliphatic heterocycles. The third kappa shape index (κ3) is 5.04. The van der Waals surface area contributed by atoms with Gasteiger partial charge in [0.2, 0.25) is 0 Å². The monoisotopic (exact) mass is 422 g/mol. The number of hydrogen-bond donors (Lipinski definition) is 3. The lowest BCUT2D eigenvalue weighted by molar-refractivity contribution is 0.0880. The molecule has 0 spiro atoms. The Bertz CT molecular complexity index is 990. The first-order chi connectivity index (χ1) is 14.7. The molecule has 0 bridgehead atoms. The van der Waals surface area contributed by atoms with Crippen LogP contribution in [-0.2, 0) is 11.4 Å². The lowest BCUT2D eigenvalue weighted by Gasteiger charge is -2.11. The van der Waals surface area contributed by atoms with Crippen LogP contribution >= 0.6 is 11.6 Å². The van der Waals surface area contributed by atoms with Gasteiger partial charge in [0, 0.05) is 30.9 Å². The first-order valence-electron chi connectivity index (χ1n) is 9.89. The molecule has 2 heterocycles. The summed E-state index contributed by atoms with van der Waals surface area (Å²) in [5, 5.41) is 6.62. The maximum Gasteiger partial charge on any atom is 0.258 e. The van der Waals surface area contributed by atoms with Crippen LogP contribution in [0.4, 0.5) is 5.82 Å². The lowest BCUT2D eigenvalue weighted by atomic mass is 10.0. The summed E-state index contributed by atoms with van der Waals surface area (Å²) in [4.78, 5) is 22.2. The number of rotatable bonds is 7. The SMILES string of the molecule is O=C(Nc1ccc(CNC[C@@H]2CCON2)cn1)c1cccc(-c2ccccc2)c1Cl. The Morgan fingerprint density at radius 3 is 2.73 bits per heavy atom. The zero-order valence-electron chi connectivity index (χ0n) is 16.4. The summed E-state index contributed by atoms with van der Waals surface area (Å²) in [6.45, 7) is 2.28. The molecule has 6 nitrogen and oxygen atoms in total. The standard InChI is InChI=1S/C23H23ClN4O2/c24-22-19(17-5-2-1-3-6-17)7-4-8-20(22)23(29)27-21-10-9-16(14-26-21)13-25-15-18-11-12-30-28-18/h1-10,14,18,25,28H,11-13,15H2,(H,26,27,29)/t18-/m0/s1. The Kier molecular flexibility index (Phi) is 6.71. The van der Waals surface area contributed by atoms with E-state index in [1.807, 2.05) is 48.5 Å². The molecule has 7 heteroatoms. The summed E-state index contributed by atoms with van der Waals surface area (Å²) >= 11 is 6.54. The topological polar surface area (TPSA) is 75.3 Å². The number of amides is 1. The molecule has 154 valence electrons.